The molecule has 1 fully saturated rings. The maximum atomic E-state index is 13.3. The summed E-state index contributed by atoms with van der Waals surface area (Å²) >= 11 is 0. The van der Waals surface area contributed by atoms with Crippen molar-refractivity contribution in [3.05, 3.63) is 144 Å². The first-order chi connectivity index (χ1) is 16.1. The predicted molar refractivity (Wildman–Crippen MR) is 128 cm³/mol. The minimum absolute atomic E-state index is 0.237. The van der Waals surface area contributed by atoms with Gasteiger partial charge in [0.05, 0.1) is 5.92 Å². The van der Waals surface area contributed by atoms with E-state index in [1.807, 2.05) is 121 Å². The summed E-state index contributed by atoms with van der Waals surface area (Å²) in [6, 6.07) is 38.9. The van der Waals surface area contributed by atoms with Crippen molar-refractivity contribution >= 4 is 5.97 Å². The van der Waals surface area contributed by atoms with Gasteiger partial charge >= 0.3 is 5.97 Å². The van der Waals surface area contributed by atoms with Gasteiger partial charge in [0.25, 0.3) is 0 Å². The fourth-order valence-corrected chi connectivity index (χ4v) is 5.00. The molecule has 1 aliphatic heterocycles. The Balaban J connectivity index is 1.56. The van der Waals surface area contributed by atoms with E-state index >= 15 is 0 Å². The number of hydrogen-bond acceptors (Lipinski definition) is 3. The molecule has 1 saturated heterocycles. The van der Waals surface area contributed by atoms with Crippen LogP contribution in [0, 0.1) is 5.92 Å². The van der Waals surface area contributed by atoms with Crippen LogP contribution in [0.4, 0.5) is 0 Å². The Hall–Kier alpha value is -3.69. The Morgan fingerprint density at radius 3 is 1.52 bits per heavy atom. The van der Waals surface area contributed by atoms with Gasteiger partial charge in [-0.1, -0.05) is 121 Å². The molecule has 1 atom stereocenters. The maximum absolute atomic E-state index is 13.3. The van der Waals surface area contributed by atoms with Gasteiger partial charge in [0.15, 0.2) is 5.60 Å². The topological polar surface area (TPSA) is 46.5 Å². The smallest absolute Gasteiger partial charge is 0.310 e. The second-order valence-corrected chi connectivity index (χ2v) is 8.68. The number of carbonyl (C=O) groups is 1. The van der Waals surface area contributed by atoms with Gasteiger partial charge in [0, 0.05) is 17.5 Å². The molecule has 3 heteroatoms. The van der Waals surface area contributed by atoms with Crippen LogP contribution in [0.2, 0.25) is 0 Å². The zero-order valence-corrected chi connectivity index (χ0v) is 18.3. The first-order valence-corrected chi connectivity index (χ1v) is 11.3. The zero-order chi connectivity index (χ0) is 22.7. The molecule has 0 saturated carbocycles. The minimum atomic E-state index is -1.31. The summed E-state index contributed by atoms with van der Waals surface area (Å²) in [5, 5.41) is 12.0. The number of carbonyl (C=O) groups excluding carboxylic acids is 1. The third kappa shape index (κ3) is 3.85. The van der Waals surface area contributed by atoms with Crippen molar-refractivity contribution in [1.82, 2.24) is 0 Å². The third-order valence-corrected chi connectivity index (χ3v) is 6.67. The van der Waals surface area contributed by atoms with Gasteiger partial charge in [-0.2, -0.15) is 0 Å². The number of rotatable bonds is 6. The van der Waals surface area contributed by atoms with Gasteiger partial charge in [0.2, 0.25) is 0 Å². The van der Waals surface area contributed by atoms with Gasteiger partial charge in [-0.15, -0.1) is 0 Å². The molecule has 4 aromatic rings. The van der Waals surface area contributed by atoms with Crippen LogP contribution in [0.15, 0.2) is 121 Å². The summed E-state index contributed by atoms with van der Waals surface area (Å²) < 4.78 is 6.20. The first kappa shape index (κ1) is 21.2. The van der Waals surface area contributed by atoms with Crippen LogP contribution in [-0.2, 0) is 20.7 Å². The van der Waals surface area contributed by atoms with Crippen molar-refractivity contribution in [2.75, 3.05) is 0 Å². The number of cyclic esters (lactones) is 1. The summed E-state index contributed by atoms with van der Waals surface area (Å²) in [4.78, 5) is 13.3. The molecule has 5 rings (SSSR count). The summed E-state index contributed by atoms with van der Waals surface area (Å²) in [6.45, 7) is 0. The molecular weight excluding hydrogens is 408 g/mol. The van der Waals surface area contributed by atoms with E-state index in [0.29, 0.717) is 6.42 Å². The molecule has 0 amide bonds. The average Bonchev–Trinajstić information content (AvgIpc) is 3.23. The Morgan fingerprint density at radius 2 is 1.09 bits per heavy atom. The molecule has 0 radical (unpaired) electrons. The highest BCUT2D eigenvalue weighted by Crippen LogP contribution is 2.49. The molecule has 4 aromatic carbocycles. The van der Waals surface area contributed by atoms with Crippen LogP contribution in [0.1, 0.15) is 35.1 Å². The standard InChI is InChI=1S/C30H26O3/c31-28-23(21-29(32,24-13-5-1-6-14-24)25-15-7-2-8-16-25)22-30(33-28,26-17-9-3-10-18-26)27-19-11-4-12-20-27/h1-20,23,32H,21-22H2. The molecule has 0 bridgehead atoms. The Bertz CT molecular complexity index is 1130. The Morgan fingerprint density at radius 1 is 0.697 bits per heavy atom. The lowest BCUT2D eigenvalue weighted by Gasteiger charge is -2.32. The summed E-state index contributed by atoms with van der Waals surface area (Å²) in [7, 11) is 0. The highest BCUT2D eigenvalue weighted by Gasteiger charge is 2.51. The highest BCUT2D eigenvalue weighted by molar-refractivity contribution is 5.77. The van der Waals surface area contributed by atoms with E-state index in [-0.39, 0.29) is 12.4 Å². The number of benzene rings is 4. The number of ether oxygens (including phenoxy) is 1. The summed E-state index contributed by atoms with van der Waals surface area (Å²) in [6.07, 6.45) is 0.698. The van der Waals surface area contributed by atoms with Gasteiger partial charge < -0.3 is 9.84 Å². The molecule has 33 heavy (non-hydrogen) atoms. The van der Waals surface area contributed by atoms with E-state index in [1.54, 1.807) is 0 Å². The molecule has 1 unspecified atom stereocenters. The van der Waals surface area contributed by atoms with E-state index < -0.39 is 17.1 Å². The van der Waals surface area contributed by atoms with Gasteiger partial charge in [-0.25, -0.2) is 0 Å². The van der Waals surface area contributed by atoms with Gasteiger partial charge in [0.1, 0.15) is 5.60 Å². The molecular formula is C30H26O3. The summed E-state index contributed by atoms with van der Waals surface area (Å²) in [5.41, 5.74) is 1.22. The fraction of sp³-hybridized carbons (Fsp3) is 0.167. The largest absolute Gasteiger partial charge is 0.449 e. The molecule has 0 aliphatic carbocycles. The van der Waals surface area contributed by atoms with Crippen molar-refractivity contribution in [1.29, 1.82) is 0 Å². The number of esters is 1. The molecule has 1 heterocycles. The van der Waals surface area contributed by atoms with Crippen LogP contribution in [0.3, 0.4) is 0 Å². The Labute approximate surface area is 194 Å². The van der Waals surface area contributed by atoms with E-state index in [9.17, 15) is 9.90 Å². The minimum Gasteiger partial charge on any atom is -0.449 e. The lowest BCUT2D eigenvalue weighted by atomic mass is 9.75. The highest BCUT2D eigenvalue weighted by atomic mass is 16.6. The second-order valence-electron chi connectivity index (χ2n) is 8.68. The molecule has 1 N–H and O–H groups in total. The van der Waals surface area contributed by atoms with Crippen molar-refractivity contribution < 1.29 is 14.6 Å². The third-order valence-electron chi connectivity index (χ3n) is 6.67. The lowest BCUT2D eigenvalue weighted by Crippen LogP contribution is -2.32. The normalized spacial score (nSPS) is 17.5. The number of aliphatic hydroxyl groups is 1. The van der Waals surface area contributed by atoms with Crippen molar-refractivity contribution in [2.24, 2.45) is 5.92 Å². The fourth-order valence-electron chi connectivity index (χ4n) is 5.00. The lowest BCUT2D eigenvalue weighted by molar-refractivity contribution is -0.149. The Kier molecular flexibility index (Phi) is 5.57. The average molecular weight is 435 g/mol. The van der Waals surface area contributed by atoms with Gasteiger partial charge in [-0.05, 0) is 17.5 Å². The SMILES string of the molecule is O=C1OC(c2ccccc2)(c2ccccc2)CC1CC(O)(c1ccccc1)c1ccccc1. The van der Waals surface area contributed by atoms with Crippen LogP contribution >= 0.6 is 0 Å². The molecule has 1 aliphatic rings. The van der Waals surface area contributed by atoms with Crippen LogP contribution < -0.4 is 0 Å². The molecule has 0 spiro atoms. The second kappa shape index (κ2) is 8.68. The van der Waals surface area contributed by atoms with Crippen LogP contribution in [0.25, 0.3) is 0 Å². The van der Waals surface area contributed by atoms with E-state index in [2.05, 4.69) is 0 Å². The monoisotopic (exact) mass is 434 g/mol. The molecule has 3 nitrogen and oxygen atoms in total. The summed E-state index contributed by atoms with van der Waals surface area (Å²) in [5.74, 6) is -0.760. The zero-order valence-electron chi connectivity index (χ0n) is 18.3. The van der Waals surface area contributed by atoms with E-state index in [4.69, 9.17) is 4.74 Å². The first-order valence-electron chi connectivity index (χ1n) is 11.3. The quantitative estimate of drug-likeness (QED) is 0.389. The van der Waals surface area contributed by atoms with Crippen molar-refractivity contribution in [2.45, 2.75) is 24.0 Å². The van der Waals surface area contributed by atoms with Crippen LogP contribution in [-0.4, -0.2) is 11.1 Å². The van der Waals surface area contributed by atoms with Crippen molar-refractivity contribution in [3.8, 4) is 0 Å². The van der Waals surface area contributed by atoms with Crippen LogP contribution in [0.5, 0.6) is 0 Å². The maximum Gasteiger partial charge on any atom is 0.310 e. The van der Waals surface area contributed by atoms with Crippen molar-refractivity contribution in [3.63, 3.8) is 0 Å². The number of hydrogen-bond donors (Lipinski definition) is 1. The molecule has 164 valence electrons. The van der Waals surface area contributed by atoms with E-state index in [0.717, 1.165) is 22.3 Å². The van der Waals surface area contributed by atoms with E-state index in [1.165, 1.54) is 0 Å². The molecule has 0 aromatic heterocycles. The predicted octanol–water partition coefficient (Wildman–Crippen LogP) is 5.82. The van der Waals surface area contributed by atoms with Gasteiger partial charge in [-0.3, -0.25) is 4.79 Å².